The molecule has 0 fully saturated rings. The minimum atomic E-state index is -0.320. The Balaban J connectivity index is 2.03. The number of hydrogen-bond donors (Lipinski definition) is 0. The summed E-state index contributed by atoms with van der Waals surface area (Å²) in [5.74, 6) is 0.263. The van der Waals surface area contributed by atoms with Gasteiger partial charge in [-0.1, -0.05) is 47.5 Å². The SMILES string of the molecule is CC(=O)OCCOc1ccc(-c2ccc(C)cc2)cc1Cl. The number of hydrogen-bond acceptors (Lipinski definition) is 3. The molecule has 0 aliphatic heterocycles. The molecule has 0 bridgehead atoms. The van der Waals surface area contributed by atoms with Crippen LogP contribution in [0.3, 0.4) is 0 Å². The number of carbonyl (C=O) groups is 1. The summed E-state index contributed by atoms with van der Waals surface area (Å²) in [6, 6.07) is 13.9. The van der Waals surface area contributed by atoms with Crippen LogP contribution in [0.4, 0.5) is 0 Å². The second kappa shape index (κ2) is 7.14. The molecule has 2 aromatic carbocycles. The molecule has 0 aliphatic rings. The van der Waals surface area contributed by atoms with E-state index in [-0.39, 0.29) is 19.2 Å². The van der Waals surface area contributed by atoms with Crippen molar-refractivity contribution >= 4 is 17.6 Å². The van der Waals surface area contributed by atoms with E-state index in [0.29, 0.717) is 10.8 Å². The van der Waals surface area contributed by atoms with Crippen molar-refractivity contribution in [2.45, 2.75) is 13.8 Å². The molecule has 0 spiro atoms. The molecule has 0 saturated heterocycles. The first-order chi connectivity index (χ1) is 10.1. The number of carbonyl (C=O) groups excluding carboxylic acids is 1. The molecule has 0 saturated carbocycles. The summed E-state index contributed by atoms with van der Waals surface area (Å²) < 4.78 is 10.3. The van der Waals surface area contributed by atoms with Crippen LogP contribution >= 0.6 is 11.6 Å². The van der Waals surface area contributed by atoms with Crippen LogP contribution in [0.25, 0.3) is 11.1 Å². The highest BCUT2D eigenvalue weighted by molar-refractivity contribution is 6.32. The fraction of sp³-hybridized carbons (Fsp3) is 0.235. The third-order valence-electron chi connectivity index (χ3n) is 2.96. The Bertz CT molecular complexity index is 620. The van der Waals surface area contributed by atoms with Crippen LogP contribution in [0.15, 0.2) is 42.5 Å². The summed E-state index contributed by atoms with van der Waals surface area (Å²) in [6.45, 7) is 3.91. The van der Waals surface area contributed by atoms with Gasteiger partial charge in [0.1, 0.15) is 19.0 Å². The van der Waals surface area contributed by atoms with Crippen molar-refractivity contribution in [2.24, 2.45) is 0 Å². The maximum Gasteiger partial charge on any atom is 0.302 e. The number of halogens is 1. The number of ether oxygens (including phenoxy) is 2. The van der Waals surface area contributed by atoms with Crippen molar-refractivity contribution in [2.75, 3.05) is 13.2 Å². The van der Waals surface area contributed by atoms with Crippen molar-refractivity contribution < 1.29 is 14.3 Å². The Hall–Kier alpha value is -2.00. The Morgan fingerprint density at radius 3 is 2.33 bits per heavy atom. The molecular formula is C17H17ClO3. The van der Waals surface area contributed by atoms with Crippen molar-refractivity contribution in [1.29, 1.82) is 0 Å². The zero-order chi connectivity index (χ0) is 15.2. The van der Waals surface area contributed by atoms with E-state index in [0.717, 1.165) is 11.1 Å². The zero-order valence-corrected chi connectivity index (χ0v) is 12.8. The number of rotatable bonds is 5. The van der Waals surface area contributed by atoms with Gasteiger partial charge in [0.2, 0.25) is 0 Å². The summed E-state index contributed by atoms with van der Waals surface area (Å²) in [6.07, 6.45) is 0. The maximum absolute atomic E-state index is 10.6. The number of benzene rings is 2. The second-order valence-corrected chi connectivity index (χ2v) is 5.11. The van der Waals surface area contributed by atoms with Gasteiger partial charge >= 0.3 is 5.97 Å². The lowest BCUT2D eigenvalue weighted by Gasteiger charge is -2.10. The lowest BCUT2D eigenvalue weighted by Crippen LogP contribution is -2.09. The summed E-state index contributed by atoms with van der Waals surface area (Å²) >= 11 is 6.22. The van der Waals surface area contributed by atoms with Gasteiger partial charge in [0, 0.05) is 6.92 Å². The lowest BCUT2D eigenvalue weighted by atomic mass is 10.0. The van der Waals surface area contributed by atoms with Gasteiger partial charge in [-0.15, -0.1) is 0 Å². The predicted molar refractivity (Wildman–Crippen MR) is 83.8 cm³/mol. The van der Waals surface area contributed by atoms with E-state index in [1.165, 1.54) is 12.5 Å². The van der Waals surface area contributed by atoms with Gasteiger partial charge in [-0.25, -0.2) is 0 Å². The summed E-state index contributed by atoms with van der Waals surface area (Å²) in [5, 5.41) is 0.538. The molecule has 0 unspecified atom stereocenters. The smallest absolute Gasteiger partial charge is 0.302 e. The number of aryl methyl sites for hydroxylation is 1. The van der Waals surface area contributed by atoms with Crippen LogP contribution in [-0.4, -0.2) is 19.2 Å². The molecule has 0 aromatic heterocycles. The third kappa shape index (κ3) is 4.50. The third-order valence-corrected chi connectivity index (χ3v) is 3.26. The molecule has 0 amide bonds. The van der Waals surface area contributed by atoms with E-state index < -0.39 is 0 Å². The van der Waals surface area contributed by atoms with Crippen molar-refractivity contribution in [3.8, 4) is 16.9 Å². The molecule has 0 aliphatic carbocycles. The number of esters is 1. The van der Waals surface area contributed by atoms with E-state index in [2.05, 4.69) is 31.2 Å². The minimum absolute atomic E-state index is 0.214. The molecule has 0 atom stereocenters. The lowest BCUT2D eigenvalue weighted by molar-refractivity contribution is -0.141. The standard InChI is InChI=1S/C17H17ClO3/c1-12-3-5-14(6-4-12)15-7-8-17(16(18)11-15)21-10-9-20-13(2)19/h3-8,11H,9-10H2,1-2H3. The fourth-order valence-corrected chi connectivity index (χ4v) is 2.12. The molecule has 3 nitrogen and oxygen atoms in total. The summed E-state index contributed by atoms with van der Waals surface area (Å²) in [7, 11) is 0. The normalized spacial score (nSPS) is 10.2. The van der Waals surface area contributed by atoms with Gasteiger partial charge in [-0.05, 0) is 30.2 Å². The van der Waals surface area contributed by atoms with Gasteiger partial charge in [0.25, 0.3) is 0 Å². The van der Waals surface area contributed by atoms with Gasteiger partial charge < -0.3 is 9.47 Å². The highest BCUT2D eigenvalue weighted by Gasteiger charge is 2.05. The van der Waals surface area contributed by atoms with Gasteiger partial charge in [0.05, 0.1) is 5.02 Å². The molecule has 2 aromatic rings. The van der Waals surface area contributed by atoms with Crippen LogP contribution in [0.1, 0.15) is 12.5 Å². The average molecular weight is 305 g/mol. The Kier molecular flexibility index (Phi) is 5.23. The minimum Gasteiger partial charge on any atom is -0.488 e. The van der Waals surface area contributed by atoms with E-state index in [1.807, 2.05) is 18.2 Å². The largest absolute Gasteiger partial charge is 0.488 e. The van der Waals surface area contributed by atoms with Crippen molar-refractivity contribution in [1.82, 2.24) is 0 Å². The maximum atomic E-state index is 10.6. The molecule has 0 radical (unpaired) electrons. The van der Waals surface area contributed by atoms with Gasteiger partial charge in [-0.3, -0.25) is 4.79 Å². The fourth-order valence-electron chi connectivity index (χ4n) is 1.88. The van der Waals surface area contributed by atoms with E-state index in [4.69, 9.17) is 21.1 Å². The second-order valence-electron chi connectivity index (χ2n) is 4.70. The highest BCUT2D eigenvalue weighted by Crippen LogP contribution is 2.30. The zero-order valence-electron chi connectivity index (χ0n) is 12.1. The first-order valence-electron chi connectivity index (χ1n) is 6.69. The molecular weight excluding hydrogens is 288 g/mol. The average Bonchev–Trinajstić information content (AvgIpc) is 2.45. The van der Waals surface area contributed by atoms with Crippen LogP contribution < -0.4 is 4.74 Å². The van der Waals surface area contributed by atoms with E-state index in [9.17, 15) is 4.79 Å². The Labute approximate surface area is 129 Å². The Morgan fingerprint density at radius 1 is 1.05 bits per heavy atom. The quantitative estimate of drug-likeness (QED) is 0.611. The first-order valence-corrected chi connectivity index (χ1v) is 7.07. The van der Waals surface area contributed by atoms with Gasteiger partial charge in [0.15, 0.2) is 0 Å². The van der Waals surface area contributed by atoms with Crippen LogP contribution in [-0.2, 0) is 9.53 Å². The van der Waals surface area contributed by atoms with Gasteiger partial charge in [-0.2, -0.15) is 0 Å². The highest BCUT2D eigenvalue weighted by atomic mass is 35.5. The predicted octanol–water partition coefficient (Wildman–Crippen LogP) is 4.26. The first kappa shape index (κ1) is 15.4. The topological polar surface area (TPSA) is 35.5 Å². The van der Waals surface area contributed by atoms with Crippen molar-refractivity contribution in [3.05, 3.63) is 53.1 Å². The van der Waals surface area contributed by atoms with Crippen LogP contribution in [0.5, 0.6) is 5.75 Å². The Morgan fingerprint density at radius 2 is 1.71 bits per heavy atom. The molecule has 21 heavy (non-hydrogen) atoms. The van der Waals surface area contributed by atoms with Crippen molar-refractivity contribution in [3.63, 3.8) is 0 Å². The van der Waals surface area contributed by atoms with Crippen LogP contribution in [0.2, 0.25) is 5.02 Å². The molecule has 2 rings (SSSR count). The van der Waals surface area contributed by atoms with E-state index >= 15 is 0 Å². The summed E-state index contributed by atoms with van der Waals surface area (Å²) in [5.41, 5.74) is 3.36. The molecule has 110 valence electrons. The molecule has 4 heteroatoms. The summed E-state index contributed by atoms with van der Waals surface area (Å²) in [4.78, 5) is 10.6. The van der Waals surface area contributed by atoms with E-state index in [1.54, 1.807) is 0 Å². The molecule has 0 N–H and O–H groups in total. The van der Waals surface area contributed by atoms with Crippen LogP contribution in [0, 0.1) is 6.92 Å². The molecule has 0 heterocycles. The monoisotopic (exact) mass is 304 g/mol.